The van der Waals surface area contributed by atoms with E-state index in [-0.39, 0.29) is 30.1 Å². The maximum Gasteiger partial charge on any atom is 0.276 e. The van der Waals surface area contributed by atoms with Gasteiger partial charge in [0.15, 0.2) is 5.69 Å². The van der Waals surface area contributed by atoms with Gasteiger partial charge in [0.25, 0.3) is 5.91 Å². The van der Waals surface area contributed by atoms with E-state index in [0.717, 1.165) is 53.9 Å². The highest BCUT2D eigenvalue weighted by molar-refractivity contribution is 7.03. The van der Waals surface area contributed by atoms with Gasteiger partial charge in [-0.25, -0.2) is 0 Å². The van der Waals surface area contributed by atoms with Crippen LogP contribution in [0.15, 0.2) is 54.2 Å². The molecule has 8 heteroatoms. The van der Waals surface area contributed by atoms with Gasteiger partial charge in [0.1, 0.15) is 6.04 Å². The molecular weight excluding hydrogens is 422 g/mol. The number of carbonyl (C=O) groups excluding carboxylic acids is 2. The Hall–Kier alpha value is -3.13. The van der Waals surface area contributed by atoms with Crippen molar-refractivity contribution in [3.05, 3.63) is 76.6 Å². The van der Waals surface area contributed by atoms with Crippen molar-refractivity contribution in [1.82, 2.24) is 24.8 Å². The lowest BCUT2D eigenvalue weighted by atomic mass is 9.94. The van der Waals surface area contributed by atoms with Gasteiger partial charge in [-0.05, 0) is 48.5 Å². The first-order valence-corrected chi connectivity index (χ1v) is 11.8. The molecule has 2 amide bonds. The minimum absolute atomic E-state index is 0.139. The summed E-state index contributed by atoms with van der Waals surface area (Å²) < 4.78 is 3.85. The highest BCUT2D eigenvalue weighted by Gasteiger charge is 2.34. The molecule has 0 spiro atoms. The minimum atomic E-state index is -0.785. The first-order chi connectivity index (χ1) is 15.6. The van der Waals surface area contributed by atoms with Crippen LogP contribution in [0.3, 0.4) is 0 Å². The van der Waals surface area contributed by atoms with Crippen LogP contribution in [0.2, 0.25) is 0 Å². The molecule has 1 N–H and O–H groups in total. The summed E-state index contributed by atoms with van der Waals surface area (Å²) in [6.45, 7) is 2.24. The molecule has 1 aliphatic carbocycles. The first-order valence-electron chi connectivity index (χ1n) is 11.0. The quantitative estimate of drug-likeness (QED) is 0.587. The standard InChI is InChI=1S/C24H27N5O2S/c1-17-9-11-19(12-10-17)22(23(30)26-20-7-3-2-4-8-20)29(15-18-6-5-13-25-14-18)24(31)21-16-32-28-27-21/h5-6,9-14,16,20,22H,2-4,7-8,15H2,1H3,(H,26,30)/t22-/m1/s1. The smallest absolute Gasteiger partial charge is 0.276 e. The molecule has 1 saturated carbocycles. The molecule has 7 nitrogen and oxygen atoms in total. The van der Waals surface area contributed by atoms with Crippen LogP contribution >= 0.6 is 11.5 Å². The van der Waals surface area contributed by atoms with Crippen LogP contribution in [0, 0.1) is 6.92 Å². The van der Waals surface area contributed by atoms with E-state index in [4.69, 9.17) is 0 Å². The van der Waals surface area contributed by atoms with E-state index in [1.807, 2.05) is 43.3 Å². The van der Waals surface area contributed by atoms with Gasteiger partial charge in [0.2, 0.25) is 5.91 Å². The molecule has 0 radical (unpaired) electrons. The fraction of sp³-hybridized carbons (Fsp3) is 0.375. The Balaban J connectivity index is 1.71. The monoisotopic (exact) mass is 449 g/mol. The molecular formula is C24H27N5O2S. The van der Waals surface area contributed by atoms with E-state index in [1.165, 1.54) is 6.42 Å². The fourth-order valence-electron chi connectivity index (χ4n) is 4.12. The van der Waals surface area contributed by atoms with E-state index in [1.54, 1.807) is 22.7 Å². The van der Waals surface area contributed by atoms with E-state index < -0.39 is 6.04 Å². The third-order valence-electron chi connectivity index (χ3n) is 5.82. The second-order valence-electron chi connectivity index (χ2n) is 8.24. The van der Waals surface area contributed by atoms with Gasteiger partial charge in [-0.15, -0.1) is 5.10 Å². The summed E-state index contributed by atoms with van der Waals surface area (Å²) >= 11 is 1.12. The first kappa shape index (κ1) is 22.1. The fourth-order valence-corrected chi connectivity index (χ4v) is 4.55. The Morgan fingerprint density at radius 2 is 1.94 bits per heavy atom. The van der Waals surface area contributed by atoms with E-state index in [0.29, 0.717) is 0 Å². The molecule has 0 saturated heterocycles. The van der Waals surface area contributed by atoms with Crippen LogP contribution in [0.25, 0.3) is 0 Å². The number of amides is 2. The molecule has 0 aliphatic heterocycles. The van der Waals surface area contributed by atoms with Crippen molar-refractivity contribution in [3.8, 4) is 0 Å². The van der Waals surface area contributed by atoms with Crippen molar-refractivity contribution in [2.45, 2.75) is 57.7 Å². The van der Waals surface area contributed by atoms with Crippen molar-refractivity contribution in [2.75, 3.05) is 0 Å². The molecule has 2 heterocycles. The molecule has 3 aromatic rings. The van der Waals surface area contributed by atoms with E-state index in [9.17, 15) is 9.59 Å². The van der Waals surface area contributed by atoms with E-state index in [2.05, 4.69) is 19.9 Å². The molecule has 0 bridgehead atoms. The predicted octanol–water partition coefficient (Wildman–Crippen LogP) is 4.07. The molecule has 1 aliphatic rings. The zero-order valence-corrected chi connectivity index (χ0v) is 18.9. The van der Waals surface area contributed by atoms with Gasteiger partial charge in [0, 0.05) is 30.4 Å². The van der Waals surface area contributed by atoms with Gasteiger partial charge in [-0.3, -0.25) is 14.6 Å². The van der Waals surface area contributed by atoms with Crippen molar-refractivity contribution < 1.29 is 9.59 Å². The highest BCUT2D eigenvalue weighted by atomic mass is 32.1. The maximum absolute atomic E-state index is 13.6. The van der Waals surface area contributed by atoms with Gasteiger partial charge in [-0.2, -0.15) is 0 Å². The average Bonchev–Trinajstić information content (AvgIpc) is 3.36. The van der Waals surface area contributed by atoms with Gasteiger partial charge >= 0.3 is 0 Å². The molecule has 32 heavy (non-hydrogen) atoms. The maximum atomic E-state index is 13.6. The number of pyridine rings is 1. The summed E-state index contributed by atoms with van der Waals surface area (Å²) in [4.78, 5) is 32.9. The number of rotatable bonds is 7. The molecule has 0 unspecified atom stereocenters. The molecule has 4 rings (SSSR count). The molecule has 1 aromatic carbocycles. The summed E-state index contributed by atoms with van der Waals surface area (Å²) in [5.74, 6) is -0.492. The Kier molecular flexibility index (Phi) is 7.21. The van der Waals surface area contributed by atoms with E-state index >= 15 is 0 Å². The normalized spacial score (nSPS) is 15.2. The number of aryl methyl sites for hydroxylation is 1. The lowest BCUT2D eigenvalue weighted by molar-refractivity contribution is -0.127. The Morgan fingerprint density at radius 1 is 1.16 bits per heavy atom. The minimum Gasteiger partial charge on any atom is -0.351 e. The molecule has 1 atom stereocenters. The number of hydrogen-bond donors (Lipinski definition) is 1. The van der Waals surface area contributed by atoms with Crippen LogP contribution in [0.1, 0.15) is 65.3 Å². The number of benzene rings is 1. The number of aromatic nitrogens is 3. The van der Waals surface area contributed by atoms with Gasteiger partial charge in [0.05, 0.1) is 0 Å². The second kappa shape index (κ2) is 10.5. The number of carbonyl (C=O) groups is 2. The van der Waals surface area contributed by atoms with Crippen LogP contribution < -0.4 is 5.32 Å². The average molecular weight is 450 g/mol. The Labute approximate surface area is 192 Å². The summed E-state index contributed by atoms with van der Waals surface area (Å²) in [5, 5.41) is 8.81. The van der Waals surface area contributed by atoms with Crippen molar-refractivity contribution in [3.63, 3.8) is 0 Å². The number of nitrogens with zero attached hydrogens (tertiary/aromatic N) is 4. The van der Waals surface area contributed by atoms with Crippen molar-refractivity contribution in [1.29, 1.82) is 0 Å². The van der Waals surface area contributed by atoms with Crippen LogP contribution in [-0.4, -0.2) is 37.3 Å². The number of nitrogens with one attached hydrogen (secondary N) is 1. The van der Waals surface area contributed by atoms with Crippen molar-refractivity contribution in [2.24, 2.45) is 0 Å². The molecule has 1 fully saturated rings. The van der Waals surface area contributed by atoms with Gasteiger partial charge < -0.3 is 10.2 Å². The lowest BCUT2D eigenvalue weighted by Crippen LogP contribution is -2.47. The summed E-state index contributed by atoms with van der Waals surface area (Å²) in [6.07, 6.45) is 8.78. The second-order valence-corrected chi connectivity index (χ2v) is 8.85. The molecule has 2 aromatic heterocycles. The SMILES string of the molecule is Cc1ccc([C@H](C(=O)NC2CCCCC2)N(Cc2cccnc2)C(=O)c2csnn2)cc1. The van der Waals surface area contributed by atoms with Crippen LogP contribution in [-0.2, 0) is 11.3 Å². The lowest BCUT2D eigenvalue weighted by Gasteiger charge is -2.33. The third-order valence-corrected chi connectivity index (χ3v) is 6.32. The predicted molar refractivity (Wildman–Crippen MR) is 123 cm³/mol. The zero-order chi connectivity index (χ0) is 22.3. The summed E-state index contributed by atoms with van der Waals surface area (Å²) in [6, 6.07) is 10.9. The summed E-state index contributed by atoms with van der Waals surface area (Å²) in [5.41, 5.74) is 2.94. The Bertz CT molecular complexity index is 1020. The van der Waals surface area contributed by atoms with Crippen molar-refractivity contribution >= 4 is 23.3 Å². The van der Waals surface area contributed by atoms with Gasteiger partial charge in [-0.1, -0.05) is 59.6 Å². The topological polar surface area (TPSA) is 88.1 Å². The zero-order valence-electron chi connectivity index (χ0n) is 18.1. The highest BCUT2D eigenvalue weighted by Crippen LogP contribution is 2.27. The van der Waals surface area contributed by atoms with Crippen LogP contribution in [0.5, 0.6) is 0 Å². The Morgan fingerprint density at radius 3 is 2.59 bits per heavy atom. The molecule has 166 valence electrons. The third kappa shape index (κ3) is 5.37. The van der Waals surface area contributed by atoms with Crippen LogP contribution in [0.4, 0.5) is 0 Å². The largest absolute Gasteiger partial charge is 0.351 e. The summed E-state index contributed by atoms with van der Waals surface area (Å²) in [7, 11) is 0. The number of hydrogen-bond acceptors (Lipinski definition) is 6.